The van der Waals surface area contributed by atoms with Gasteiger partial charge in [-0.3, -0.25) is 0 Å². The lowest BCUT2D eigenvalue weighted by Gasteiger charge is -2.34. The molecule has 0 heterocycles. The van der Waals surface area contributed by atoms with Gasteiger partial charge in [-0.25, -0.2) is 0 Å². The molecule has 1 nitrogen and oxygen atoms in total. The number of alkyl halides is 1. The van der Waals surface area contributed by atoms with Gasteiger partial charge in [0.25, 0.3) is 0 Å². The molecule has 0 bridgehead atoms. The van der Waals surface area contributed by atoms with E-state index in [4.69, 9.17) is 4.43 Å². The number of halogens is 1. The van der Waals surface area contributed by atoms with E-state index in [0.717, 1.165) is 16.3 Å². The minimum absolute atomic E-state index is 0.136. The quantitative estimate of drug-likeness (QED) is 0.270. The van der Waals surface area contributed by atoms with Gasteiger partial charge in [0.1, 0.15) is 0 Å². The largest absolute Gasteiger partial charge is 0.409 e. The molecule has 0 radical (unpaired) electrons. The van der Waals surface area contributed by atoms with E-state index in [2.05, 4.69) is 69.6 Å². The molecule has 2 atom stereocenters. The molecule has 0 aromatic rings. The highest BCUT2D eigenvalue weighted by molar-refractivity contribution is 14.1. The van der Waals surface area contributed by atoms with Crippen LogP contribution in [0.2, 0.25) is 19.6 Å². The van der Waals surface area contributed by atoms with Gasteiger partial charge in [0, 0.05) is 3.92 Å². The van der Waals surface area contributed by atoms with Crippen molar-refractivity contribution < 1.29 is 4.43 Å². The first-order chi connectivity index (χ1) is 7.09. The van der Waals surface area contributed by atoms with Gasteiger partial charge in [-0.05, 0) is 45.3 Å². The Morgan fingerprint density at radius 3 is 2.19 bits per heavy atom. The molecule has 0 fully saturated rings. The summed E-state index contributed by atoms with van der Waals surface area (Å²) in [6.07, 6.45) is 4.26. The Balaban J connectivity index is 4.33. The average molecular weight is 354 g/mol. The van der Waals surface area contributed by atoms with E-state index in [1.807, 2.05) is 6.08 Å². The van der Waals surface area contributed by atoms with Crippen molar-refractivity contribution in [2.24, 2.45) is 5.92 Å². The van der Waals surface area contributed by atoms with Crippen LogP contribution in [0.4, 0.5) is 0 Å². The molecular weight excluding hydrogens is 327 g/mol. The van der Waals surface area contributed by atoms with Crippen LogP contribution in [0.3, 0.4) is 0 Å². The van der Waals surface area contributed by atoms with E-state index in [9.17, 15) is 0 Å². The third kappa shape index (κ3) is 7.07. The van der Waals surface area contributed by atoms with Gasteiger partial charge in [-0.15, -0.1) is 6.58 Å². The highest BCUT2D eigenvalue weighted by Crippen LogP contribution is 2.28. The lowest BCUT2D eigenvalue weighted by Crippen LogP contribution is -2.39. The first-order valence-electron chi connectivity index (χ1n) is 6.07. The van der Waals surface area contributed by atoms with Crippen molar-refractivity contribution in [3.63, 3.8) is 0 Å². The van der Waals surface area contributed by atoms with Gasteiger partial charge in [0.05, 0.1) is 5.60 Å². The van der Waals surface area contributed by atoms with Crippen molar-refractivity contribution in [2.45, 2.75) is 62.8 Å². The smallest absolute Gasteiger partial charge is 0.184 e. The fourth-order valence-electron chi connectivity index (χ4n) is 1.65. The second-order valence-corrected chi connectivity index (χ2v) is 12.1. The van der Waals surface area contributed by atoms with E-state index >= 15 is 0 Å². The molecule has 0 amide bonds. The minimum Gasteiger partial charge on any atom is -0.409 e. The first-order valence-corrected chi connectivity index (χ1v) is 10.7. The monoisotopic (exact) mass is 354 g/mol. The Bertz CT molecular complexity index is 222. The second-order valence-electron chi connectivity index (χ2n) is 6.03. The SMILES string of the molecule is C=CC(C)(CCC(I)C(C)C)O[Si](C)(C)C. The molecule has 96 valence electrons. The van der Waals surface area contributed by atoms with Crippen LogP contribution in [0.15, 0.2) is 12.7 Å². The molecule has 2 unspecified atom stereocenters. The van der Waals surface area contributed by atoms with E-state index in [-0.39, 0.29) is 5.60 Å². The third-order valence-electron chi connectivity index (χ3n) is 2.61. The standard InChI is InChI=1S/C13H27IOSi/c1-8-13(4,15-16(5,6)7)10-9-12(14)11(2)3/h8,11-12H,1,9-10H2,2-7H3. The van der Waals surface area contributed by atoms with Crippen LogP contribution in [0.25, 0.3) is 0 Å². The predicted octanol–water partition coefficient (Wildman–Crippen LogP) is 5.02. The average Bonchev–Trinajstić information content (AvgIpc) is 2.11. The summed E-state index contributed by atoms with van der Waals surface area (Å²) in [5.74, 6) is 0.738. The summed E-state index contributed by atoms with van der Waals surface area (Å²) >= 11 is 2.55. The molecular formula is C13H27IOSi. The van der Waals surface area contributed by atoms with Crippen molar-refractivity contribution in [3.05, 3.63) is 12.7 Å². The highest BCUT2D eigenvalue weighted by Gasteiger charge is 2.29. The predicted molar refractivity (Wildman–Crippen MR) is 84.9 cm³/mol. The molecule has 0 rings (SSSR count). The van der Waals surface area contributed by atoms with Crippen LogP contribution in [0.1, 0.15) is 33.6 Å². The van der Waals surface area contributed by atoms with Crippen molar-refractivity contribution in [3.8, 4) is 0 Å². The Hall–Kier alpha value is 0.647. The summed E-state index contributed by atoms with van der Waals surface area (Å²) in [6.45, 7) is 17.4. The van der Waals surface area contributed by atoms with E-state index < -0.39 is 8.32 Å². The van der Waals surface area contributed by atoms with E-state index in [1.54, 1.807) is 0 Å². The maximum atomic E-state index is 6.22. The Morgan fingerprint density at radius 2 is 1.88 bits per heavy atom. The molecule has 0 aliphatic rings. The van der Waals surface area contributed by atoms with E-state index in [1.165, 1.54) is 6.42 Å². The van der Waals surface area contributed by atoms with Crippen LogP contribution in [0, 0.1) is 5.92 Å². The molecule has 0 aromatic heterocycles. The summed E-state index contributed by atoms with van der Waals surface area (Å²) < 4.78 is 6.95. The Kier molecular flexibility index (Phi) is 6.81. The van der Waals surface area contributed by atoms with Crippen LogP contribution in [0.5, 0.6) is 0 Å². The molecule has 0 aromatic carbocycles. The highest BCUT2D eigenvalue weighted by atomic mass is 127. The van der Waals surface area contributed by atoms with E-state index in [0.29, 0.717) is 0 Å². The summed E-state index contributed by atoms with van der Waals surface area (Å²) in [5, 5.41) is 0. The lowest BCUT2D eigenvalue weighted by atomic mass is 9.96. The zero-order valence-electron chi connectivity index (χ0n) is 11.6. The van der Waals surface area contributed by atoms with Crippen molar-refractivity contribution in [1.82, 2.24) is 0 Å². The van der Waals surface area contributed by atoms with Crippen LogP contribution < -0.4 is 0 Å². The Morgan fingerprint density at radius 1 is 1.38 bits per heavy atom. The molecule has 0 N–H and O–H groups in total. The zero-order chi connectivity index (χ0) is 13.0. The Labute approximate surface area is 116 Å². The number of hydrogen-bond donors (Lipinski definition) is 0. The second kappa shape index (κ2) is 6.54. The van der Waals surface area contributed by atoms with Crippen molar-refractivity contribution in [2.75, 3.05) is 0 Å². The minimum atomic E-state index is -1.49. The van der Waals surface area contributed by atoms with Crippen LogP contribution >= 0.6 is 22.6 Å². The summed E-state index contributed by atoms with van der Waals surface area (Å²) in [6, 6.07) is 0. The number of rotatable bonds is 7. The fraction of sp³-hybridized carbons (Fsp3) is 0.846. The zero-order valence-corrected chi connectivity index (χ0v) is 14.8. The lowest BCUT2D eigenvalue weighted by molar-refractivity contribution is 0.119. The third-order valence-corrected chi connectivity index (χ3v) is 5.75. The number of hydrogen-bond acceptors (Lipinski definition) is 1. The van der Waals surface area contributed by atoms with Crippen LogP contribution in [-0.2, 0) is 4.43 Å². The summed E-state index contributed by atoms with van der Waals surface area (Å²) in [4.78, 5) is 0. The molecule has 16 heavy (non-hydrogen) atoms. The molecule has 0 saturated carbocycles. The maximum absolute atomic E-state index is 6.22. The fourth-order valence-corrected chi connectivity index (χ4v) is 3.55. The van der Waals surface area contributed by atoms with Gasteiger partial charge in [0.2, 0.25) is 0 Å². The molecule has 3 heteroatoms. The maximum Gasteiger partial charge on any atom is 0.184 e. The summed E-state index contributed by atoms with van der Waals surface area (Å²) in [5.41, 5.74) is -0.136. The normalized spacial score (nSPS) is 18.2. The van der Waals surface area contributed by atoms with Crippen molar-refractivity contribution >= 4 is 30.9 Å². The van der Waals surface area contributed by atoms with Gasteiger partial charge in [-0.1, -0.05) is 42.5 Å². The molecule has 0 saturated heterocycles. The first kappa shape index (κ1) is 16.6. The molecule has 0 aliphatic carbocycles. The molecule has 0 spiro atoms. The van der Waals surface area contributed by atoms with Crippen LogP contribution in [-0.4, -0.2) is 17.8 Å². The topological polar surface area (TPSA) is 9.23 Å². The van der Waals surface area contributed by atoms with Gasteiger partial charge in [0.15, 0.2) is 8.32 Å². The van der Waals surface area contributed by atoms with Gasteiger partial charge < -0.3 is 4.43 Å². The van der Waals surface area contributed by atoms with Gasteiger partial charge in [-0.2, -0.15) is 0 Å². The molecule has 0 aliphatic heterocycles. The van der Waals surface area contributed by atoms with Gasteiger partial charge >= 0.3 is 0 Å². The summed E-state index contributed by atoms with van der Waals surface area (Å²) in [7, 11) is -1.49. The van der Waals surface area contributed by atoms with Crippen molar-refractivity contribution in [1.29, 1.82) is 0 Å².